The Morgan fingerprint density at radius 3 is 2.29 bits per heavy atom. The van der Waals surface area contributed by atoms with Gasteiger partial charge in [-0.25, -0.2) is 5.43 Å². The van der Waals surface area contributed by atoms with Gasteiger partial charge in [-0.15, -0.1) is 10.2 Å². The largest absolute Gasteiger partial charge is 0.497 e. The number of hydrazone groups is 1. The van der Waals surface area contributed by atoms with Crippen molar-refractivity contribution >= 4 is 23.9 Å². The van der Waals surface area contributed by atoms with Gasteiger partial charge in [0.25, 0.3) is 5.91 Å². The fourth-order valence-corrected chi connectivity index (χ4v) is 4.41. The second-order valence-corrected chi connectivity index (χ2v) is 8.65. The number of rotatable bonds is 11. The number of thioether (sulfide) groups is 1. The lowest BCUT2D eigenvalue weighted by molar-refractivity contribution is -0.118. The lowest BCUT2D eigenvalue weighted by Gasteiger charge is -2.13. The number of methoxy groups -OCH3 is 4. The Morgan fingerprint density at radius 2 is 1.63 bits per heavy atom. The van der Waals surface area contributed by atoms with E-state index >= 15 is 0 Å². The van der Waals surface area contributed by atoms with E-state index < -0.39 is 0 Å². The van der Waals surface area contributed by atoms with Gasteiger partial charge in [0.1, 0.15) is 5.75 Å². The van der Waals surface area contributed by atoms with E-state index in [0.29, 0.717) is 33.8 Å². The zero-order valence-electron chi connectivity index (χ0n) is 21.4. The summed E-state index contributed by atoms with van der Waals surface area (Å²) >= 11 is 1.26. The summed E-state index contributed by atoms with van der Waals surface area (Å²) in [5, 5.41) is 13.4. The van der Waals surface area contributed by atoms with E-state index in [-0.39, 0.29) is 11.7 Å². The molecule has 0 aliphatic rings. The summed E-state index contributed by atoms with van der Waals surface area (Å²) in [5.74, 6) is 2.58. The molecule has 196 valence electrons. The molecule has 0 atom stereocenters. The zero-order valence-corrected chi connectivity index (χ0v) is 22.2. The molecule has 0 spiro atoms. The maximum Gasteiger partial charge on any atom is 0.250 e. The Hall–Kier alpha value is -4.51. The molecule has 0 unspecified atom stereocenters. The predicted octanol–water partition coefficient (Wildman–Crippen LogP) is 4.21. The van der Waals surface area contributed by atoms with Gasteiger partial charge < -0.3 is 18.9 Å². The number of amides is 1. The molecule has 1 N–H and O–H groups in total. The Bertz CT molecular complexity index is 1410. The minimum atomic E-state index is -0.306. The number of benzene rings is 3. The molecule has 1 heterocycles. The van der Waals surface area contributed by atoms with Crippen molar-refractivity contribution in [2.45, 2.75) is 5.16 Å². The molecule has 3 aromatic carbocycles. The molecular formula is C27H27N5O5S. The minimum Gasteiger partial charge on any atom is -0.497 e. The van der Waals surface area contributed by atoms with E-state index in [4.69, 9.17) is 18.9 Å². The van der Waals surface area contributed by atoms with E-state index in [1.165, 1.54) is 32.2 Å². The average Bonchev–Trinajstić information content (AvgIpc) is 3.40. The third kappa shape index (κ3) is 5.89. The summed E-state index contributed by atoms with van der Waals surface area (Å²) in [4.78, 5) is 12.6. The summed E-state index contributed by atoms with van der Waals surface area (Å²) in [5.41, 5.74) is 4.90. The molecule has 1 amide bonds. The van der Waals surface area contributed by atoms with Crippen LogP contribution in [0, 0.1) is 0 Å². The van der Waals surface area contributed by atoms with Crippen LogP contribution in [0.2, 0.25) is 0 Å². The number of hydrogen-bond donors (Lipinski definition) is 1. The van der Waals surface area contributed by atoms with E-state index in [1.807, 2.05) is 59.2 Å². The van der Waals surface area contributed by atoms with E-state index in [9.17, 15) is 4.79 Å². The number of ether oxygens (including phenoxy) is 4. The summed E-state index contributed by atoms with van der Waals surface area (Å²) in [6.45, 7) is 0. The van der Waals surface area contributed by atoms with Crippen molar-refractivity contribution in [1.29, 1.82) is 0 Å². The van der Waals surface area contributed by atoms with E-state index in [0.717, 1.165) is 17.0 Å². The smallest absolute Gasteiger partial charge is 0.250 e. The Labute approximate surface area is 224 Å². The molecule has 1 aromatic heterocycles. The van der Waals surface area contributed by atoms with E-state index in [1.54, 1.807) is 26.4 Å². The van der Waals surface area contributed by atoms with Gasteiger partial charge in [-0.05, 0) is 48.5 Å². The first-order chi connectivity index (χ1) is 18.6. The van der Waals surface area contributed by atoms with Gasteiger partial charge in [0.15, 0.2) is 22.5 Å². The van der Waals surface area contributed by atoms with Gasteiger partial charge in [0.05, 0.1) is 40.4 Å². The molecule has 0 fully saturated rings. The lowest BCUT2D eigenvalue weighted by atomic mass is 10.2. The summed E-state index contributed by atoms with van der Waals surface area (Å²) in [7, 11) is 6.21. The minimum absolute atomic E-state index is 0.0774. The first kappa shape index (κ1) is 26.6. The van der Waals surface area contributed by atoms with Crippen LogP contribution in [0.15, 0.2) is 77.0 Å². The highest BCUT2D eigenvalue weighted by Crippen LogP contribution is 2.39. The van der Waals surface area contributed by atoms with Crippen LogP contribution in [0.1, 0.15) is 5.56 Å². The molecule has 38 heavy (non-hydrogen) atoms. The highest BCUT2D eigenvalue weighted by atomic mass is 32.2. The van der Waals surface area contributed by atoms with Crippen molar-refractivity contribution in [3.05, 3.63) is 72.3 Å². The number of carbonyl (C=O) groups excluding carboxylic acids is 1. The first-order valence-corrected chi connectivity index (χ1v) is 12.5. The number of hydrogen-bond acceptors (Lipinski definition) is 9. The van der Waals surface area contributed by atoms with Crippen molar-refractivity contribution in [3.8, 4) is 40.1 Å². The van der Waals surface area contributed by atoms with Crippen LogP contribution < -0.4 is 24.4 Å². The van der Waals surface area contributed by atoms with Gasteiger partial charge in [0, 0.05) is 16.8 Å². The number of nitrogens with one attached hydrogen (secondary N) is 1. The lowest BCUT2D eigenvalue weighted by Crippen LogP contribution is -2.20. The Kier molecular flexibility index (Phi) is 8.83. The van der Waals surface area contributed by atoms with Crippen LogP contribution in [0.3, 0.4) is 0 Å². The molecule has 0 saturated carbocycles. The van der Waals surface area contributed by atoms with Gasteiger partial charge in [-0.3, -0.25) is 9.36 Å². The standard InChI is InChI=1S/C27H27N5O5S/c1-34-21-13-10-18(11-14-21)26-30-31-27(32(26)20-8-6-5-7-9-20)38-17-23(33)29-28-16-19-12-15-22(35-2)25(37-4)24(19)36-3/h5-16H,17H2,1-4H3,(H,29,33)/b28-16-. The summed E-state index contributed by atoms with van der Waals surface area (Å²) in [6.07, 6.45) is 1.48. The maximum atomic E-state index is 12.6. The molecule has 0 aliphatic heterocycles. The maximum absolute atomic E-state index is 12.6. The SMILES string of the molecule is COc1ccc(-c2nnc(SCC(=O)N/N=C\c3ccc(OC)c(OC)c3OC)n2-c2ccccc2)cc1. The summed E-state index contributed by atoms with van der Waals surface area (Å²) in [6, 6.07) is 20.8. The monoisotopic (exact) mass is 533 g/mol. The molecule has 0 saturated heterocycles. The Balaban J connectivity index is 1.49. The van der Waals surface area contributed by atoms with E-state index in [2.05, 4.69) is 20.7 Å². The van der Waals surface area contributed by atoms with Crippen LogP contribution in [0.4, 0.5) is 0 Å². The normalized spacial score (nSPS) is 10.8. The summed E-state index contributed by atoms with van der Waals surface area (Å²) < 4.78 is 23.3. The zero-order chi connectivity index (χ0) is 26.9. The van der Waals surface area contributed by atoms with Gasteiger partial charge in [0.2, 0.25) is 5.75 Å². The van der Waals surface area contributed by atoms with Crippen LogP contribution in [0.25, 0.3) is 17.1 Å². The highest BCUT2D eigenvalue weighted by molar-refractivity contribution is 7.99. The molecule has 11 heteroatoms. The third-order valence-electron chi connectivity index (χ3n) is 5.46. The van der Waals surface area contributed by atoms with Crippen molar-refractivity contribution < 1.29 is 23.7 Å². The van der Waals surface area contributed by atoms with Crippen molar-refractivity contribution in [2.24, 2.45) is 5.10 Å². The number of para-hydroxylation sites is 1. The topological polar surface area (TPSA) is 109 Å². The Morgan fingerprint density at radius 1 is 0.895 bits per heavy atom. The quantitative estimate of drug-likeness (QED) is 0.174. The first-order valence-electron chi connectivity index (χ1n) is 11.5. The van der Waals surface area contributed by atoms with Crippen molar-refractivity contribution in [2.75, 3.05) is 34.2 Å². The van der Waals surface area contributed by atoms with Crippen LogP contribution in [0.5, 0.6) is 23.0 Å². The molecule has 0 aliphatic carbocycles. The average molecular weight is 534 g/mol. The molecule has 4 aromatic rings. The molecular weight excluding hydrogens is 506 g/mol. The fraction of sp³-hybridized carbons (Fsp3) is 0.185. The second kappa shape index (κ2) is 12.6. The highest BCUT2D eigenvalue weighted by Gasteiger charge is 2.18. The van der Waals surface area contributed by atoms with Gasteiger partial charge >= 0.3 is 0 Å². The third-order valence-corrected chi connectivity index (χ3v) is 6.38. The number of aromatic nitrogens is 3. The van der Waals surface area contributed by atoms with Crippen molar-refractivity contribution in [1.82, 2.24) is 20.2 Å². The molecule has 10 nitrogen and oxygen atoms in total. The molecule has 0 radical (unpaired) electrons. The fourth-order valence-electron chi connectivity index (χ4n) is 3.66. The number of nitrogens with zero attached hydrogens (tertiary/aromatic N) is 4. The predicted molar refractivity (Wildman–Crippen MR) is 146 cm³/mol. The van der Waals surface area contributed by atoms with Crippen LogP contribution in [-0.4, -0.2) is 61.1 Å². The molecule has 4 rings (SSSR count). The van der Waals surface area contributed by atoms with Gasteiger partial charge in [-0.2, -0.15) is 5.10 Å². The number of carbonyl (C=O) groups is 1. The van der Waals surface area contributed by atoms with Crippen molar-refractivity contribution in [3.63, 3.8) is 0 Å². The second-order valence-electron chi connectivity index (χ2n) is 7.71. The van der Waals surface area contributed by atoms with Crippen LogP contribution >= 0.6 is 11.8 Å². The molecule has 0 bridgehead atoms. The van der Waals surface area contributed by atoms with Crippen LogP contribution in [-0.2, 0) is 4.79 Å². The van der Waals surface area contributed by atoms with Gasteiger partial charge in [-0.1, -0.05) is 30.0 Å².